The maximum atomic E-state index is 5.16. The summed E-state index contributed by atoms with van der Waals surface area (Å²) in [5.74, 6) is 1.69. The fourth-order valence-corrected chi connectivity index (χ4v) is 2.02. The van der Waals surface area contributed by atoms with Gasteiger partial charge in [0.05, 0.1) is 11.9 Å². The van der Waals surface area contributed by atoms with Crippen molar-refractivity contribution in [1.82, 2.24) is 9.97 Å². The van der Waals surface area contributed by atoms with E-state index in [1.165, 1.54) is 0 Å². The molecule has 2 heterocycles. The van der Waals surface area contributed by atoms with Gasteiger partial charge in [0.25, 0.3) is 5.22 Å². The minimum absolute atomic E-state index is 0.679. The molecule has 0 saturated carbocycles. The Morgan fingerprint density at radius 1 is 1.41 bits per heavy atom. The Balaban J connectivity index is 1.91. The minimum atomic E-state index is 0.679. The fourth-order valence-electron chi connectivity index (χ4n) is 1.33. The second-order valence-corrected chi connectivity index (χ2v) is 4.45. The number of hydrogen-bond acceptors (Lipinski definition) is 5. The van der Waals surface area contributed by atoms with E-state index in [1.54, 1.807) is 24.2 Å². The molecule has 0 aliphatic rings. The van der Waals surface area contributed by atoms with Gasteiger partial charge in [-0.3, -0.25) is 0 Å². The minimum Gasteiger partial charge on any atom is -0.440 e. The molecular weight excluding hydrogens is 234 g/mol. The van der Waals surface area contributed by atoms with Gasteiger partial charge in [0.2, 0.25) is 0 Å². The number of nitrogens with one attached hydrogen (secondary N) is 1. The van der Waals surface area contributed by atoms with Crippen LogP contribution < -0.4 is 5.32 Å². The highest BCUT2D eigenvalue weighted by molar-refractivity contribution is 7.98. The molecule has 4 nitrogen and oxygen atoms in total. The first-order valence-electron chi connectivity index (χ1n) is 5.60. The SMILES string of the molecule is CCCNc1cccc(CSc2ncco2)n1. The number of oxazole rings is 1. The van der Waals surface area contributed by atoms with E-state index in [0.717, 1.165) is 30.2 Å². The molecule has 1 N–H and O–H groups in total. The van der Waals surface area contributed by atoms with Crippen LogP contribution in [0.15, 0.2) is 40.3 Å². The van der Waals surface area contributed by atoms with Crippen molar-refractivity contribution in [3.63, 3.8) is 0 Å². The molecule has 2 rings (SSSR count). The van der Waals surface area contributed by atoms with Crippen molar-refractivity contribution in [3.05, 3.63) is 36.4 Å². The molecule has 2 aromatic heterocycles. The maximum Gasteiger partial charge on any atom is 0.255 e. The predicted molar refractivity (Wildman–Crippen MR) is 69.1 cm³/mol. The lowest BCUT2D eigenvalue weighted by atomic mass is 10.3. The van der Waals surface area contributed by atoms with Gasteiger partial charge in [0.15, 0.2) is 0 Å². The first-order chi connectivity index (χ1) is 8.38. The Labute approximate surface area is 105 Å². The van der Waals surface area contributed by atoms with Gasteiger partial charge in [0, 0.05) is 12.3 Å². The van der Waals surface area contributed by atoms with Gasteiger partial charge >= 0.3 is 0 Å². The lowest BCUT2D eigenvalue weighted by Gasteiger charge is -2.05. The van der Waals surface area contributed by atoms with Crippen molar-refractivity contribution in [2.24, 2.45) is 0 Å². The van der Waals surface area contributed by atoms with E-state index < -0.39 is 0 Å². The molecule has 0 amide bonds. The average Bonchev–Trinajstić information content (AvgIpc) is 2.87. The maximum absolute atomic E-state index is 5.16. The van der Waals surface area contributed by atoms with Crippen molar-refractivity contribution in [2.45, 2.75) is 24.3 Å². The molecule has 0 saturated heterocycles. The molecule has 0 atom stereocenters. The fraction of sp³-hybridized carbons (Fsp3) is 0.333. The van der Waals surface area contributed by atoms with Crippen molar-refractivity contribution < 1.29 is 4.42 Å². The molecule has 90 valence electrons. The zero-order chi connectivity index (χ0) is 11.9. The van der Waals surface area contributed by atoms with Gasteiger partial charge < -0.3 is 9.73 Å². The molecule has 0 fully saturated rings. The normalized spacial score (nSPS) is 10.4. The molecule has 17 heavy (non-hydrogen) atoms. The first-order valence-corrected chi connectivity index (χ1v) is 6.59. The molecule has 0 spiro atoms. The van der Waals surface area contributed by atoms with E-state index in [-0.39, 0.29) is 0 Å². The van der Waals surface area contributed by atoms with Gasteiger partial charge in [-0.05, 0) is 18.6 Å². The number of thioether (sulfide) groups is 1. The molecule has 0 bridgehead atoms. The summed E-state index contributed by atoms with van der Waals surface area (Å²) in [7, 11) is 0. The van der Waals surface area contributed by atoms with Crippen LogP contribution in [-0.4, -0.2) is 16.5 Å². The predicted octanol–water partition coefficient (Wildman–Crippen LogP) is 3.18. The van der Waals surface area contributed by atoms with Crippen LogP contribution in [-0.2, 0) is 5.75 Å². The van der Waals surface area contributed by atoms with Gasteiger partial charge in [-0.1, -0.05) is 24.8 Å². The number of hydrogen-bond donors (Lipinski definition) is 1. The van der Waals surface area contributed by atoms with Crippen LogP contribution in [0.1, 0.15) is 19.0 Å². The van der Waals surface area contributed by atoms with E-state index in [4.69, 9.17) is 4.42 Å². The average molecular weight is 249 g/mol. The zero-order valence-electron chi connectivity index (χ0n) is 9.72. The molecule has 0 aliphatic heterocycles. The van der Waals surface area contributed by atoms with Gasteiger partial charge in [-0.15, -0.1) is 0 Å². The summed E-state index contributed by atoms with van der Waals surface area (Å²) in [5, 5.41) is 3.95. The zero-order valence-corrected chi connectivity index (χ0v) is 10.5. The lowest BCUT2D eigenvalue weighted by molar-refractivity contribution is 0.454. The van der Waals surface area contributed by atoms with Crippen molar-refractivity contribution in [3.8, 4) is 0 Å². The molecule has 5 heteroatoms. The van der Waals surface area contributed by atoms with E-state index in [0.29, 0.717) is 5.22 Å². The molecule has 0 aromatic carbocycles. The van der Waals surface area contributed by atoms with Crippen LogP contribution in [0.5, 0.6) is 0 Å². The van der Waals surface area contributed by atoms with E-state index in [2.05, 4.69) is 22.2 Å². The highest BCUT2D eigenvalue weighted by Gasteiger charge is 2.02. The summed E-state index contributed by atoms with van der Waals surface area (Å²) in [6.07, 6.45) is 4.32. The van der Waals surface area contributed by atoms with Crippen LogP contribution in [0, 0.1) is 0 Å². The van der Waals surface area contributed by atoms with Crippen molar-refractivity contribution in [1.29, 1.82) is 0 Å². The Bertz CT molecular complexity index is 445. The Morgan fingerprint density at radius 2 is 2.35 bits per heavy atom. The van der Waals surface area contributed by atoms with E-state index >= 15 is 0 Å². The van der Waals surface area contributed by atoms with Gasteiger partial charge in [-0.25, -0.2) is 9.97 Å². The summed E-state index contributed by atoms with van der Waals surface area (Å²) in [5.41, 5.74) is 1.02. The summed E-state index contributed by atoms with van der Waals surface area (Å²) in [4.78, 5) is 8.56. The third kappa shape index (κ3) is 3.78. The van der Waals surface area contributed by atoms with Crippen LogP contribution >= 0.6 is 11.8 Å². The summed E-state index contributed by atoms with van der Waals surface area (Å²) in [6, 6.07) is 6.00. The van der Waals surface area contributed by atoms with E-state index in [9.17, 15) is 0 Å². The Morgan fingerprint density at radius 3 is 3.12 bits per heavy atom. The molecular formula is C12H15N3OS. The Hall–Kier alpha value is -1.49. The van der Waals surface area contributed by atoms with Gasteiger partial charge in [-0.2, -0.15) is 0 Å². The number of pyridine rings is 1. The highest BCUT2D eigenvalue weighted by Crippen LogP contribution is 2.20. The first kappa shape index (κ1) is 12.0. The number of rotatable bonds is 6. The molecule has 0 unspecified atom stereocenters. The topological polar surface area (TPSA) is 51.0 Å². The quantitative estimate of drug-likeness (QED) is 0.797. The smallest absolute Gasteiger partial charge is 0.255 e. The number of nitrogens with zero attached hydrogens (tertiary/aromatic N) is 2. The monoisotopic (exact) mass is 249 g/mol. The van der Waals surface area contributed by atoms with Crippen molar-refractivity contribution in [2.75, 3.05) is 11.9 Å². The summed E-state index contributed by atoms with van der Waals surface area (Å²) in [6.45, 7) is 3.08. The summed E-state index contributed by atoms with van der Waals surface area (Å²) < 4.78 is 5.16. The summed E-state index contributed by atoms with van der Waals surface area (Å²) >= 11 is 1.54. The van der Waals surface area contributed by atoms with Crippen LogP contribution in [0.2, 0.25) is 0 Å². The van der Waals surface area contributed by atoms with Gasteiger partial charge in [0.1, 0.15) is 12.1 Å². The number of aromatic nitrogens is 2. The third-order valence-electron chi connectivity index (χ3n) is 2.12. The Kier molecular flexibility index (Phi) is 4.44. The van der Waals surface area contributed by atoms with Crippen LogP contribution in [0.4, 0.5) is 5.82 Å². The number of anilines is 1. The van der Waals surface area contributed by atoms with Crippen LogP contribution in [0.3, 0.4) is 0 Å². The van der Waals surface area contributed by atoms with E-state index in [1.807, 2.05) is 18.2 Å². The molecule has 2 aromatic rings. The molecule has 0 aliphatic carbocycles. The second-order valence-electron chi connectivity index (χ2n) is 3.53. The third-order valence-corrected chi connectivity index (χ3v) is 3.00. The highest BCUT2D eigenvalue weighted by atomic mass is 32.2. The molecule has 0 radical (unpaired) electrons. The van der Waals surface area contributed by atoms with Crippen molar-refractivity contribution >= 4 is 17.6 Å². The largest absolute Gasteiger partial charge is 0.440 e. The van der Waals surface area contributed by atoms with Crippen LogP contribution in [0.25, 0.3) is 0 Å². The second kappa shape index (κ2) is 6.30. The lowest BCUT2D eigenvalue weighted by Crippen LogP contribution is -2.02. The standard InChI is InChI=1S/C12H15N3OS/c1-2-6-13-11-5-3-4-10(15-11)9-17-12-14-7-8-16-12/h3-5,7-8H,2,6,9H2,1H3,(H,13,15).